The van der Waals surface area contributed by atoms with Crippen LogP contribution in [0.1, 0.15) is 21.1 Å². The molecular formula is C21H21N3O6. The molecule has 9 heteroatoms. The first-order chi connectivity index (χ1) is 14.6. The van der Waals surface area contributed by atoms with Crippen molar-refractivity contribution in [1.29, 1.82) is 0 Å². The van der Waals surface area contributed by atoms with Gasteiger partial charge in [-0.05, 0) is 24.3 Å². The number of anilines is 1. The van der Waals surface area contributed by atoms with Crippen LogP contribution in [-0.2, 0) is 9.53 Å². The van der Waals surface area contributed by atoms with Gasteiger partial charge in [-0.2, -0.15) is 0 Å². The van der Waals surface area contributed by atoms with Crippen LogP contribution >= 0.6 is 0 Å². The van der Waals surface area contributed by atoms with Gasteiger partial charge in [-0.3, -0.25) is 14.4 Å². The molecule has 0 unspecified atom stereocenters. The summed E-state index contributed by atoms with van der Waals surface area (Å²) in [7, 11) is 1.42. The number of furan rings is 2. The Labute approximate surface area is 172 Å². The first-order valence-corrected chi connectivity index (χ1v) is 9.51. The van der Waals surface area contributed by atoms with E-state index < -0.39 is 0 Å². The summed E-state index contributed by atoms with van der Waals surface area (Å²) in [6, 6.07) is 10.4. The molecule has 1 aromatic carbocycles. The second-order valence-electron chi connectivity index (χ2n) is 6.85. The summed E-state index contributed by atoms with van der Waals surface area (Å²) in [6.07, 6.45) is 1.45. The van der Waals surface area contributed by atoms with Crippen molar-refractivity contribution >= 4 is 34.4 Å². The Kier molecular flexibility index (Phi) is 5.53. The molecule has 30 heavy (non-hydrogen) atoms. The second kappa shape index (κ2) is 8.42. The summed E-state index contributed by atoms with van der Waals surface area (Å²) in [4.78, 5) is 40.9. The van der Waals surface area contributed by atoms with Gasteiger partial charge in [0.15, 0.2) is 5.76 Å². The average molecular weight is 411 g/mol. The number of fused-ring (bicyclic) bond motifs is 1. The predicted molar refractivity (Wildman–Crippen MR) is 107 cm³/mol. The summed E-state index contributed by atoms with van der Waals surface area (Å²) in [5.74, 6) is -0.596. The van der Waals surface area contributed by atoms with E-state index in [0.29, 0.717) is 42.8 Å². The molecule has 2 aromatic heterocycles. The number of piperazine rings is 1. The number of hydrogen-bond donors (Lipinski definition) is 1. The van der Waals surface area contributed by atoms with E-state index in [2.05, 4.69) is 5.32 Å². The summed E-state index contributed by atoms with van der Waals surface area (Å²) in [5, 5.41) is 3.35. The largest absolute Gasteiger partial charge is 0.459 e. The Morgan fingerprint density at radius 1 is 1.00 bits per heavy atom. The lowest BCUT2D eigenvalue weighted by Gasteiger charge is -2.34. The maximum absolute atomic E-state index is 13.2. The molecule has 0 saturated carbocycles. The third kappa shape index (κ3) is 3.79. The van der Waals surface area contributed by atoms with Gasteiger partial charge in [-0.15, -0.1) is 0 Å². The number of hydrogen-bond acceptors (Lipinski definition) is 6. The third-order valence-electron chi connectivity index (χ3n) is 4.92. The van der Waals surface area contributed by atoms with Gasteiger partial charge in [0.05, 0.1) is 6.26 Å². The van der Waals surface area contributed by atoms with E-state index in [0.717, 1.165) is 0 Å². The van der Waals surface area contributed by atoms with Gasteiger partial charge in [-0.1, -0.05) is 12.1 Å². The molecule has 0 atom stereocenters. The van der Waals surface area contributed by atoms with Crippen molar-refractivity contribution in [2.45, 2.75) is 0 Å². The molecule has 0 spiro atoms. The summed E-state index contributed by atoms with van der Waals surface area (Å²) in [5.41, 5.74) is 0.826. The lowest BCUT2D eigenvalue weighted by atomic mass is 10.2. The van der Waals surface area contributed by atoms with Crippen molar-refractivity contribution in [3.63, 3.8) is 0 Å². The lowest BCUT2D eigenvalue weighted by Crippen LogP contribution is -2.50. The number of ether oxygens (including phenoxy) is 1. The highest BCUT2D eigenvalue weighted by atomic mass is 16.5. The molecule has 156 valence electrons. The maximum Gasteiger partial charge on any atom is 0.291 e. The fraction of sp³-hybridized carbons (Fsp3) is 0.286. The number of rotatable bonds is 5. The average Bonchev–Trinajstić information content (AvgIpc) is 3.42. The normalized spacial score (nSPS) is 14.2. The van der Waals surface area contributed by atoms with Crippen molar-refractivity contribution < 1.29 is 28.0 Å². The Morgan fingerprint density at radius 2 is 1.70 bits per heavy atom. The number of benzene rings is 1. The lowest BCUT2D eigenvalue weighted by molar-refractivity contribution is -0.119. The summed E-state index contributed by atoms with van der Waals surface area (Å²) in [6.45, 7) is 1.29. The molecule has 0 aliphatic carbocycles. The molecular weight excluding hydrogens is 390 g/mol. The monoisotopic (exact) mass is 411 g/mol. The van der Waals surface area contributed by atoms with E-state index in [1.54, 1.807) is 46.2 Å². The number of carbonyl (C=O) groups excluding carboxylic acids is 3. The van der Waals surface area contributed by atoms with Crippen LogP contribution in [0.2, 0.25) is 0 Å². The number of nitrogens with one attached hydrogen (secondary N) is 1. The Balaban J connectivity index is 1.52. The van der Waals surface area contributed by atoms with Gasteiger partial charge < -0.3 is 28.7 Å². The second-order valence-corrected chi connectivity index (χ2v) is 6.85. The van der Waals surface area contributed by atoms with E-state index in [-0.39, 0.29) is 35.8 Å². The van der Waals surface area contributed by atoms with Gasteiger partial charge in [0.25, 0.3) is 11.8 Å². The van der Waals surface area contributed by atoms with Crippen molar-refractivity contribution in [3.8, 4) is 0 Å². The molecule has 3 aromatic rings. The highest BCUT2D eigenvalue weighted by Crippen LogP contribution is 2.32. The highest BCUT2D eigenvalue weighted by Gasteiger charge is 2.30. The zero-order chi connectivity index (χ0) is 21.1. The van der Waals surface area contributed by atoms with Crippen LogP contribution in [0.5, 0.6) is 0 Å². The van der Waals surface area contributed by atoms with Gasteiger partial charge >= 0.3 is 0 Å². The molecule has 9 nitrogen and oxygen atoms in total. The molecule has 1 aliphatic heterocycles. The standard InChI is InChI=1S/C21H21N3O6/c1-28-13-17(25)22-18-14-5-2-3-6-15(14)30-19(18)21(27)24-10-8-23(9-11-24)20(26)16-7-4-12-29-16/h2-7,12H,8-11,13H2,1H3,(H,22,25). The van der Waals surface area contributed by atoms with E-state index in [1.807, 2.05) is 0 Å². The fourth-order valence-corrected chi connectivity index (χ4v) is 3.44. The molecule has 4 rings (SSSR count). The predicted octanol–water partition coefficient (Wildman–Crippen LogP) is 2.21. The summed E-state index contributed by atoms with van der Waals surface area (Å²) < 4.78 is 15.8. The molecule has 3 heterocycles. The van der Waals surface area contributed by atoms with Crippen molar-refractivity contribution in [2.24, 2.45) is 0 Å². The molecule has 1 N–H and O–H groups in total. The molecule has 1 fully saturated rings. The van der Waals surface area contributed by atoms with Crippen molar-refractivity contribution in [1.82, 2.24) is 9.80 Å². The van der Waals surface area contributed by atoms with E-state index in [1.165, 1.54) is 13.4 Å². The quantitative estimate of drug-likeness (QED) is 0.690. The van der Waals surface area contributed by atoms with Crippen molar-refractivity contribution in [2.75, 3.05) is 45.2 Å². The Morgan fingerprint density at radius 3 is 2.37 bits per heavy atom. The topological polar surface area (TPSA) is 105 Å². The van der Waals surface area contributed by atoms with Crippen LogP contribution < -0.4 is 5.32 Å². The first-order valence-electron chi connectivity index (χ1n) is 9.51. The van der Waals surface area contributed by atoms with Gasteiger partial charge in [-0.25, -0.2) is 0 Å². The van der Waals surface area contributed by atoms with Crippen LogP contribution in [0.15, 0.2) is 51.5 Å². The number of amides is 3. The zero-order valence-electron chi connectivity index (χ0n) is 16.4. The number of nitrogens with zero attached hydrogens (tertiary/aromatic N) is 2. The first kappa shape index (κ1) is 19.7. The van der Waals surface area contributed by atoms with Gasteiger partial charge in [0, 0.05) is 38.7 Å². The minimum absolute atomic E-state index is 0.0615. The van der Waals surface area contributed by atoms with Gasteiger partial charge in [0.2, 0.25) is 11.7 Å². The highest BCUT2D eigenvalue weighted by molar-refractivity contribution is 6.11. The zero-order valence-corrected chi connectivity index (χ0v) is 16.4. The van der Waals surface area contributed by atoms with Crippen LogP contribution in [0, 0.1) is 0 Å². The van der Waals surface area contributed by atoms with Crippen LogP contribution in [0.25, 0.3) is 11.0 Å². The Bertz CT molecular complexity index is 1060. The fourth-order valence-electron chi connectivity index (χ4n) is 3.44. The minimum Gasteiger partial charge on any atom is -0.459 e. The van der Waals surface area contributed by atoms with E-state index >= 15 is 0 Å². The molecule has 1 aliphatic rings. The number of para-hydroxylation sites is 1. The molecule has 0 radical (unpaired) electrons. The third-order valence-corrected chi connectivity index (χ3v) is 4.92. The smallest absolute Gasteiger partial charge is 0.291 e. The van der Waals surface area contributed by atoms with Crippen molar-refractivity contribution in [3.05, 3.63) is 54.2 Å². The van der Waals surface area contributed by atoms with Crippen LogP contribution in [0.3, 0.4) is 0 Å². The maximum atomic E-state index is 13.2. The minimum atomic E-state index is -0.382. The SMILES string of the molecule is COCC(=O)Nc1c(C(=O)N2CCN(C(=O)c3ccco3)CC2)oc2ccccc12. The van der Waals surface area contributed by atoms with Crippen LogP contribution in [0.4, 0.5) is 5.69 Å². The van der Waals surface area contributed by atoms with Gasteiger partial charge in [0.1, 0.15) is 17.9 Å². The van der Waals surface area contributed by atoms with E-state index in [4.69, 9.17) is 13.6 Å². The van der Waals surface area contributed by atoms with Crippen LogP contribution in [-0.4, -0.2) is 67.4 Å². The molecule has 0 bridgehead atoms. The number of carbonyl (C=O) groups is 3. The molecule has 3 amide bonds. The van der Waals surface area contributed by atoms with E-state index in [9.17, 15) is 14.4 Å². The Hall–Kier alpha value is -3.59. The summed E-state index contributed by atoms with van der Waals surface area (Å²) >= 11 is 0. The number of methoxy groups -OCH3 is 1. The molecule has 1 saturated heterocycles.